The molecule has 9 heteroatoms. The second-order valence-electron chi connectivity index (χ2n) is 7.08. The number of nitrogens with one attached hydrogen (secondary N) is 1. The van der Waals surface area contributed by atoms with Gasteiger partial charge in [-0.25, -0.2) is 14.8 Å². The molecule has 0 bridgehead atoms. The van der Waals surface area contributed by atoms with Crippen molar-refractivity contribution in [3.05, 3.63) is 53.2 Å². The molecule has 0 radical (unpaired) electrons. The number of benzene rings is 2. The second-order valence-corrected chi connectivity index (χ2v) is 8.28. The van der Waals surface area contributed by atoms with Crippen LogP contribution in [-0.2, 0) is 0 Å². The van der Waals surface area contributed by atoms with E-state index in [1.165, 1.54) is 26.6 Å². The fourth-order valence-corrected chi connectivity index (χ4v) is 4.67. The number of nitrogens with zero attached hydrogens (tertiary/aromatic N) is 2. The first kappa shape index (κ1) is 22.3. The number of ether oxygens (including phenoxy) is 3. The molecule has 2 aromatic carbocycles. The summed E-state index contributed by atoms with van der Waals surface area (Å²) < 4.78 is 16.2. The summed E-state index contributed by atoms with van der Waals surface area (Å²) >= 11 is 1.55. The standard InChI is InChI=1S/C24H23N3O5S/c1-5-32-15-8-6-14(7-9-15)20-13(2)33-23-21(20)22(25-12-26-23)27-17-11-19(31-4)18(30-3)10-16(17)24(28)29/h6-12H,5H2,1-4H3,(H,28,29)(H,25,26,27). The van der Waals surface area contributed by atoms with E-state index in [1.807, 2.05) is 38.1 Å². The lowest BCUT2D eigenvalue weighted by atomic mass is 10.0. The number of methoxy groups -OCH3 is 2. The topological polar surface area (TPSA) is 103 Å². The Hall–Kier alpha value is -3.85. The summed E-state index contributed by atoms with van der Waals surface area (Å²) in [4.78, 5) is 22.7. The molecule has 2 heterocycles. The van der Waals surface area contributed by atoms with Gasteiger partial charge in [-0.15, -0.1) is 11.3 Å². The highest BCUT2D eigenvalue weighted by Crippen LogP contribution is 2.42. The average molecular weight is 466 g/mol. The Morgan fingerprint density at radius 2 is 1.79 bits per heavy atom. The van der Waals surface area contributed by atoms with E-state index in [1.54, 1.807) is 17.4 Å². The number of carboxylic acid groups (broad SMARTS) is 1. The second kappa shape index (κ2) is 9.33. The third-order valence-electron chi connectivity index (χ3n) is 5.13. The van der Waals surface area contributed by atoms with Gasteiger partial charge >= 0.3 is 5.97 Å². The number of fused-ring (bicyclic) bond motifs is 1. The number of anilines is 2. The Morgan fingerprint density at radius 1 is 1.09 bits per heavy atom. The molecule has 0 atom stereocenters. The number of aryl methyl sites for hydroxylation is 1. The Morgan fingerprint density at radius 3 is 2.42 bits per heavy atom. The average Bonchev–Trinajstić information content (AvgIpc) is 3.16. The number of hydrogen-bond acceptors (Lipinski definition) is 8. The maximum absolute atomic E-state index is 11.9. The zero-order valence-corrected chi connectivity index (χ0v) is 19.4. The normalized spacial score (nSPS) is 10.8. The van der Waals surface area contributed by atoms with Gasteiger partial charge in [0.25, 0.3) is 0 Å². The Balaban J connectivity index is 1.86. The van der Waals surface area contributed by atoms with E-state index in [-0.39, 0.29) is 5.56 Å². The summed E-state index contributed by atoms with van der Waals surface area (Å²) in [5.41, 5.74) is 2.35. The largest absolute Gasteiger partial charge is 0.494 e. The lowest BCUT2D eigenvalue weighted by molar-refractivity contribution is 0.0697. The molecule has 170 valence electrons. The van der Waals surface area contributed by atoms with Gasteiger partial charge in [0, 0.05) is 22.6 Å². The Labute approximate surface area is 194 Å². The fraction of sp³-hybridized carbons (Fsp3) is 0.208. The number of thiophene rings is 1. The minimum atomic E-state index is -1.10. The van der Waals surface area contributed by atoms with E-state index in [0.717, 1.165) is 32.0 Å². The number of aromatic carboxylic acids is 1. The van der Waals surface area contributed by atoms with Crippen molar-refractivity contribution < 1.29 is 24.1 Å². The fourth-order valence-electron chi connectivity index (χ4n) is 3.66. The summed E-state index contributed by atoms with van der Waals surface area (Å²) in [6, 6.07) is 10.9. The van der Waals surface area contributed by atoms with Crippen molar-refractivity contribution in [2.75, 3.05) is 26.1 Å². The number of rotatable bonds is 8. The number of aromatic nitrogens is 2. The smallest absolute Gasteiger partial charge is 0.337 e. The number of hydrogen-bond donors (Lipinski definition) is 2. The van der Waals surface area contributed by atoms with Gasteiger partial charge in [0.2, 0.25) is 0 Å². The maximum Gasteiger partial charge on any atom is 0.337 e. The predicted molar refractivity (Wildman–Crippen MR) is 129 cm³/mol. The molecule has 0 aliphatic carbocycles. The molecular formula is C24H23N3O5S. The van der Waals surface area contributed by atoms with E-state index in [9.17, 15) is 9.90 Å². The van der Waals surface area contributed by atoms with E-state index in [2.05, 4.69) is 15.3 Å². The molecule has 8 nitrogen and oxygen atoms in total. The Kier molecular flexibility index (Phi) is 6.32. The van der Waals surface area contributed by atoms with Crippen LogP contribution in [0.15, 0.2) is 42.7 Å². The minimum absolute atomic E-state index is 0.0361. The highest BCUT2D eigenvalue weighted by atomic mass is 32.1. The third kappa shape index (κ3) is 4.27. The third-order valence-corrected chi connectivity index (χ3v) is 6.14. The molecule has 0 fully saturated rings. The zero-order chi connectivity index (χ0) is 23.5. The first-order valence-corrected chi connectivity index (χ1v) is 11.0. The van der Waals surface area contributed by atoms with Crippen molar-refractivity contribution >= 4 is 39.0 Å². The summed E-state index contributed by atoms with van der Waals surface area (Å²) in [6.45, 7) is 4.57. The molecule has 0 unspecified atom stereocenters. The molecular weight excluding hydrogens is 442 g/mol. The highest BCUT2D eigenvalue weighted by molar-refractivity contribution is 7.19. The predicted octanol–water partition coefficient (Wildman–Crippen LogP) is 5.52. The van der Waals surface area contributed by atoms with Crippen LogP contribution in [0, 0.1) is 6.92 Å². The first-order chi connectivity index (χ1) is 16.0. The minimum Gasteiger partial charge on any atom is -0.494 e. The molecule has 4 rings (SSSR count). The molecule has 0 saturated heterocycles. The number of carboxylic acids is 1. The van der Waals surface area contributed by atoms with Crippen LogP contribution in [0.2, 0.25) is 0 Å². The Bertz CT molecular complexity index is 1320. The van der Waals surface area contributed by atoms with E-state index in [0.29, 0.717) is 29.6 Å². The van der Waals surface area contributed by atoms with Crippen LogP contribution < -0.4 is 19.5 Å². The van der Waals surface area contributed by atoms with Gasteiger partial charge in [-0.3, -0.25) is 0 Å². The van der Waals surface area contributed by atoms with Gasteiger partial charge in [0.05, 0.1) is 37.5 Å². The molecule has 0 spiro atoms. The summed E-state index contributed by atoms with van der Waals surface area (Å²) in [6.07, 6.45) is 1.46. The van der Waals surface area contributed by atoms with Gasteiger partial charge in [-0.05, 0) is 31.5 Å². The molecule has 2 N–H and O–H groups in total. The molecule has 4 aromatic rings. The summed E-state index contributed by atoms with van der Waals surface area (Å²) in [5.74, 6) is 0.933. The SMILES string of the molecule is CCOc1ccc(-c2c(C)sc3ncnc(Nc4cc(OC)c(OC)cc4C(=O)O)c23)cc1. The highest BCUT2D eigenvalue weighted by Gasteiger charge is 2.21. The van der Waals surface area contributed by atoms with Crippen LogP contribution in [0.25, 0.3) is 21.3 Å². The van der Waals surface area contributed by atoms with Crippen LogP contribution in [-0.4, -0.2) is 41.9 Å². The monoisotopic (exact) mass is 465 g/mol. The lowest BCUT2D eigenvalue weighted by Gasteiger charge is -2.15. The van der Waals surface area contributed by atoms with Crippen molar-refractivity contribution in [2.24, 2.45) is 0 Å². The molecule has 33 heavy (non-hydrogen) atoms. The summed E-state index contributed by atoms with van der Waals surface area (Å²) in [5, 5.41) is 13.8. The van der Waals surface area contributed by atoms with Crippen LogP contribution in [0.3, 0.4) is 0 Å². The van der Waals surface area contributed by atoms with Crippen molar-refractivity contribution in [3.63, 3.8) is 0 Å². The van der Waals surface area contributed by atoms with Crippen LogP contribution in [0.5, 0.6) is 17.2 Å². The molecule has 0 amide bonds. The van der Waals surface area contributed by atoms with Gasteiger partial charge in [0.1, 0.15) is 22.7 Å². The van der Waals surface area contributed by atoms with E-state index < -0.39 is 5.97 Å². The van der Waals surface area contributed by atoms with Gasteiger partial charge in [-0.2, -0.15) is 0 Å². The maximum atomic E-state index is 11.9. The number of carbonyl (C=O) groups is 1. The van der Waals surface area contributed by atoms with Crippen molar-refractivity contribution in [1.82, 2.24) is 9.97 Å². The van der Waals surface area contributed by atoms with Crippen LogP contribution in [0.1, 0.15) is 22.2 Å². The van der Waals surface area contributed by atoms with Crippen molar-refractivity contribution in [1.29, 1.82) is 0 Å². The van der Waals surface area contributed by atoms with E-state index >= 15 is 0 Å². The van der Waals surface area contributed by atoms with Crippen LogP contribution >= 0.6 is 11.3 Å². The quantitative estimate of drug-likeness (QED) is 0.350. The van der Waals surface area contributed by atoms with Gasteiger partial charge < -0.3 is 24.6 Å². The zero-order valence-electron chi connectivity index (χ0n) is 18.6. The van der Waals surface area contributed by atoms with Crippen molar-refractivity contribution in [2.45, 2.75) is 13.8 Å². The summed E-state index contributed by atoms with van der Waals surface area (Å²) in [7, 11) is 2.96. The van der Waals surface area contributed by atoms with Gasteiger partial charge in [0.15, 0.2) is 11.5 Å². The first-order valence-electron chi connectivity index (χ1n) is 10.2. The lowest BCUT2D eigenvalue weighted by Crippen LogP contribution is -2.06. The van der Waals surface area contributed by atoms with E-state index in [4.69, 9.17) is 14.2 Å². The molecule has 2 aromatic heterocycles. The molecule has 0 saturated carbocycles. The van der Waals surface area contributed by atoms with Crippen LogP contribution in [0.4, 0.5) is 11.5 Å². The van der Waals surface area contributed by atoms with Crippen molar-refractivity contribution in [3.8, 4) is 28.4 Å². The molecule has 0 aliphatic heterocycles. The molecule has 0 aliphatic rings. The van der Waals surface area contributed by atoms with Gasteiger partial charge in [-0.1, -0.05) is 12.1 Å².